The lowest BCUT2D eigenvalue weighted by molar-refractivity contribution is 0.897. The highest BCUT2D eigenvalue weighted by atomic mass is 15.5. The van der Waals surface area contributed by atoms with Gasteiger partial charge in [-0.2, -0.15) is 9.78 Å². The molecule has 1 aromatic heterocycles. The average Bonchev–Trinajstić information content (AvgIpc) is 3.12. The first kappa shape index (κ1) is 16.0. The van der Waals surface area contributed by atoms with Gasteiger partial charge in [0.15, 0.2) is 11.6 Å². The summed E-state index contributed by atoms with van der Waals surface area (Å²) in [5, 5.41) is 13.5. The molecule has 4 nitrogen and oxygen atoms in total. The Morgan fingerprint density at radius 2 is 1.19 bits per heavy atom. The molecular formula is C22H18N4. The predicted molar refractivity (Wildman–Crippen MR) is 105 cm³/mol. The van der Waals surface area contributed by atoms with Crippen LogP contribution in [0, 0.1) is 6.92 Å². The monoisotopic (exact) mass is 338 g/mol. The SMILES string of the molecule is Cc1ccccc1/C=N/n1c(-c2ccccc2)nnc1-c1ccccc1. The summed E-state index contributed by atoms with van der Waals surface area (Å²) in [6.45, 7) is 2.07. The van der Waals surface area contributed by atoms with Crippen molar-refractivity contribution < 1.29 is 0 Å². The second-order valence-electron chi connectivity index (χ2n) is 5.99. The van der Waals surface area contributed by atoms with Gasteiger partial charge in [0.2, 0.25) is 0 Å². The third-order valence-electron chi connectivity index (χ3n) is 4.21. The minimum Gasteiger partial charge on any atom is -0.192 e. The van der Waals surface area contributed by atoms with Gasteiger partial charge < -0.3 is 0 Å². The predicted octanol–water partition coefficient (Wildman–Crippen LogP) is 4.80. The van der Waals surface area contributed by atoms with E-state index in [0.29, 0.717) is 11.6 Å². The van der Waals surface area contributed by atoms with Crippen molar-refractivity contribution in [3.8, 4) is 22.8 Å². The zero-order chi connectivity index (χ0) is 17.8. The molecule has 0 saturated carbocycles. The zero-order valence-corrected chi connectivity index (χ0v) is 14.4. The fourth-order valence-corrected chi connectivity index (χ4v) is 2.78. The second-order valence-corrected chi connectivity index (χ2v) is 5.99. The molecule has 4 rings (SSSR count). The average molecular weight is 338 g/mol. The number of hydrogen-bond acceptors (Lipinski definition) is 3. The van der Waals surface area contributed by atoms with E-state index in [9.17, 15) is 0 Å². The Bertz CT molecular complexity index is 977. The van der Waals surface area contributed by atoms with E-state index in [-0.39, 0.29) is 0 Å². The number of aromatic nitrogens is 3. The topological polar surface area (TPSA) is 43.1 Å². The number of hydrogen-bond donors (Lipinski definition) is 0. The normalized spacial score (nSPS) is 11.1. The number of aryl methyl sites for hydroxylation is 1. The highest BCUT2D eigenvalue weighted by Gasteiger charge is 2.14. The summed E-state index contributed by atoms with van der Waals surface area (Å²) in [4.78, 5) is 0. The molecule has 126 valence electrons. The van der Waals surface area contributed by atoms with Crippen LogP contribution in [0.4, 0.5) is 0 Å². The molecule has 0 N–H and O–H groups in total. The van der Waals surface area contributed by atoms with Gasteiger partial charge in [-0.3, -0.25) is 0 Å². The summed E-state index contributed by atoms with van der Waals surface area (Å²) in [6, 6.07) is 28.1. The van der Waals surface area contributed by atoms with Crippen LogP contribution in [0.1, 0.15) is 11.1 Å². The first-order valence-electron chi connectivity index (χ1n) is 8.49. The molecule has 0 fully saturated rings. The molecule has 0 aliphatic heterocycles. The van der Waals surface area contributed by atoms with Crippen molar-refractivity contribution in [3.05, 3.63) is 96.1 Å². The van der Waals surface area contributed by atoms with Crippen molar-refractivity contribution in [2.24, 2.45) is 5.10 Å². The van der Waals surface area contributed by atoms with Gasteiger partial charge in [-0.1, -0.05) is 84.9 Å². The highest BCUT2D eigenvalue weighted by molar-refractivity contribution is 5.82. The fourth-order valence-electron chi connectivity index (χ4n) is 2.78. The molecule has 1 heterocycles. The summed E-state index contributed by atoms with van der Waals surface area (Å²) in [5.74, 6) is 1.43. The smallest absolute Gasteiger partial charge is 0.185 e. The summed E-state index contributed by atoms with van der Waals surface area (Å²) in [7, 11) is 0. The van der Waals surface area contributed by atoms with Crippen molar-refractivity contribution in [2.45, 2.75) is 6.92 Å². The van der Waals surface area contributed by atoms with Crippen LogP contribution in [0.5, 0.6) is 0 Å². The van der Waals surface area contributed by atoms with Crippen LogP contribution < -0.4 is 0 Å². The van der Waals surface area contributed by atoms with Crippen LogP contribution in [0.15, 0.2) is 90.0 Å². The summed E-state index contributed by atoms with van der Waals surface area (Å²) >= 11 is 0. The van der Waals surface area contributed by atoms with E-state index in [2.05, 4.69) is 23.2 Å². The molecule has 0 amide bonds. The van der Waals surface area contributed by atoms with Crippen LogP contribution in [-0.2, 0) is 0 Å². The van der Waals surface area contributed by atoms with Crippen LogP contribution in [-0.4, -0.2) is 21.1 Å². The second kappa shape index (κ2) is 7.15. The number of nitrogens with zero attached hydrogens (tertiary/aromatic N) is 4. The van der Waals surface area contributed by atoms with Crippen molar-refractivity contribution in [1.82, 2.24) is 14.9 Å². The van der Waals surface area contributed by atoms with Crippen LogP contribution in [0.2, 0.25) is 0 Å². The first-order valence-corrected chi connectivity index (χ1v) is 8.49. The molecular weight excluding hydrogens is 320 g/mol. The van der Waals surface area contributed by atoms with Gasteiger partial charge in [0.1, 0.15) is 0 Å². The van der Waals surface area contributed by atoms with Crippen molar-refractivity contribution in [1.29, 1.82) is 0 Å². The van der Waals surface area contributed by atoms with E-state index >= 15 is 0 Å². The zero-order valence-electron chi connectivity index (χ0n) is 14.4. The Morgan fingerprint density at radius 3 is 1.73 bits per heavy atom. The Balaban J connectivity index is 1.85. The minimum atomic E-state index is 0.717. The quantitative estimate of drug-likeness (QED) is 0.502. The lowest BCUT2D eigenvalue weighted by atomic mass is 10.1. The molecule has 0 aliphatic rings. The van der Waals surface area contributed by atoms with E-state index in [1.807, 2.05) is 85.1 Å². The maximum Gasteiger partial charge on any atom is 0.185 e. The van der Waals surface area contributed by atoms with Crippen molar-refractivity contribution in [2.75, 3.05) is 0 Å². The van der Waals surface area contributed by atoms with E-state index in [0.717, 1.165) is 16.7 Å². The molecule has 0 radical (unpaired) electrons. The van der Waals surface area contributed by atoms with E-state index in [1.54, 1.807) is 4.68 Å². The lowest BCUT2D eigenvalue weighted by Gasteiger charge is -2.05. The van der Waals surface area contributed by atoms with Gasteiger partial charge in [-0.25, -0.2) is 0 Å². The molecule has 26 heavy (non-hydrogen) atoms. The Kier molecular flexibility index (Phi) is 4.39. The van der Waals surface area contributed by atoms with Gasteiger partial charge in [0.25, 0.3) is 0 Å². The van der Waals surface area contributed by atoms with Gasteiger partial charge in [-0.15, -0.1) is 10.2 Å². The number of benzene rings is 3. The standard InChI is InChI=1S/C22H18N4/c1-17-10-8-9-15-20(17)16-23-26-21(18-11-4-2-5-12-18)24-25-22(26)19-13-6-3-7-14-19/h2-16H,1H3/b23-16+. The maximum absolute atomic E-state index is 4.72. The molecule has 0 bridgehead atoms. The van der Waals surface area contributed by atoms with E-state index < -0.39 is 0 Å². The Labute approximate surface area is 152 Å². The van der Waals surface area contributed by atoms with Gasteiger partial charge >= 0.3 is 0 Å². The molecule has 4 aromatic rings. The summed E-state index contributed by atoms with van der Waals surface area (Å²) in [6.07, 6.45) is 1.86. The molecule has 0 spiro atoms. The largest absolute Gasteiger partial charge is 0.192 e. The molecule has 0 atom stereocenters. The summed E-state index contributed by atoms with van der Waals surface area (Å²) in [5.41, 5.74) is 4.19. The lowest BCUT2D eigenvalue weighted by Crippen LogP contribution is -1.98. The minimum absolute atomic E-state index is 0.717. The Morgan fingerprint density at radius 1 is 0.692 bits per heavy atom. The molecule has 0 saturated heterocycles. The van der Waals surface area contributed by atoms with Gasteiger partial charge in [0, 0.05) is 11.1 Å². The third-order valence-corrected chi connectivity index (χ3v) is 4.21. The third kappa shape index (κ3) is 3.17. The van der Waals surface area contributed by atoms with Crippen molar-refractivity contribution in [3.63, 3.8) is 0 Å². The van der Waals surface area contributed by atoms with Gasteiger partial charge in [-0.05, 0) is 18.1 Å². The highest BCUT2D eigenvalue weighted by Crippen LogP contribution is 2.24. The van der Waals surface area contributed by atoms with Crippen LogP contribution >= 0.6 is 0 Å². The summed E-state index contributed by atoms with van der Waals surface area (Å²) < 4.78 is 1.80. The Hall–Kier alpha value is -3.53. The van der Waals surface area contributed by atoms with Crippen LogP contribution in [0.25, 0.3) is 22.8 Å². The van der Waals surface area contributed by atoms with E-state index in [4.69, 9.17) is 5.10 Å². The maximum atomic E-state index is 4.72. The first-order chi connectivity index (χ1) is 12.8. The molecule has 0 unspecified atom stereocenters. The van der Waals surface area contributed by atoms with Gasteiger partial charge in [0.05, 0.1) is 6.21 Å². The van der Waals surface area contributed by atoms with E-state index in [1.165, 1.54) is 5.56 Å². The molecule has 4 heteroatoms. The fraction of sp³-hybridized carbons (Fsp3) is 0.0455. The van der Waals surface area contributed by atoms with Crippen molar-refractivity contribution >= 4 is 6.21 Å². The molecule has 3 aromatic carbocycles. The molecule has 0 aliphatic carbocycles. The number of rotatable bonds is 4. The van der Waals surface area contributed by atoms with Crippen LogP contribution in [0.3, 0.4) is 0 Å².